The molecule has 2 aliphatic rings. The van der Waals surface area contributed by atoms with Gasteiger partial charge in [-0.15, -0.1) is 0 Å². The van der Waals surface area contributed by atoms with Gasteiger partial charge in [0.1, 0.15) is 0 Å². The van der Waals surface area contributed by atoms with Gasteiger partial charge in [-0.2, -0.15) is 5.10 Å². The third kappa shape index (κ3) is 3.10. The van der Waals surface area contributed by atoms with Gasteiger partial charge in [0.05, 0.1) is 17.3 Å². The minimum absolute atomic E-state index is 0.0466. The Morgan fingerprint density at radius 3 is 2.53 bits per heavy atom. The van der Waals surface area contributed by atoms with Crippen LogP contribution in [-0.4, -0.2) is 49.7 Å². The molecule has 0 saturated carbocycles. The first kappa shape index (κ1) is 18.4. The van der Waals surface area contributed by atoms with Crippen molar-refractivity contribution in [1.82, 2.24) is 19.7 Å². The molecule has 3 aromatic rings. The predicted octanol–water partition coefficient (Wildman–Crippen LogP) is 2.20. The fraction of sp³-hybridized carbons (Fsp3) is 0.273. The number of carboxylic acids is 1. The lowest BCUT2D eigenvalue weighted by molar-refractivity contribution is 0.0594. The van der Waals surface area contributed by atoms with E-state index in [-0.39, 0.29) is 28.9 Å². The summed E-state index contributed by atoms with van der Waals surface area (Å²) in [6.45, 7) is 1.78. The zero-order valence-electron chi connectivity index (χ0n) is 16.1. The van der Waals surface area contributed by atoms with Crippen LogP contribution >= 0.6 is 0 Å². The van der Waals surface area contributed by atoms with Crippen molar-refractivity contribution in [3.8, 4) is 11.1 Å². The monoisotopic (exact) mass is 404 g/mol. The van der Waals surface area contributed by atoms with Gasteiger partial charge >= 0.3 is 5.97 Å². The van der Waals surface area contributed by atoms with Gasteiger partial charge < -0.3 is 14.6 Å². The number of H-pyrrole nitrogens is 1. The minimum Gasteiger partial charge on any atom is -0.478 e. The van der Waals surface area contributed by atoms with Gasteiger partial charge in [-0.1, -0.05) is 12.1 Å². The molecule has 0 radical (unpaired) electrons. The summed E-state index contributed by atoms with van der Waals surface area (Å²) in [5.41, 5.74) is 3.18. The highest BCUT2D eigenvalue weighted by atomic mass is 16.4. The molecule has 2 aromatic heterocycles. The van der Waals surface area contributed by atoms with Crippen molar-refractivity contribution in [2.24, 2.45) is 5.92 Å². The highest BCUT2D eigenvalue weighted by molar-refractivity contribution is 5.93. The van der Waals surface area contributed by atoms with E-state index in [1.165, 1.54) is 18.3 Å². The van der Waals surface area contributed by atoms with E-state index >= 15 is 0 Å². The number of carbonyl (C=O) groups is 2. The number of aromatic amines is 1. The standard InChI is InChI=1S/C22H20N4O4/c27-20-7-16(14-1-3-15(4-2-14)22(29)30)6-19-17-5-13(11-26(19)20)10-25(12-17)21(28)18-8-23-24-9-18/h1-4,6-9,13,17H,5,10-12H2,(H,23,24)(H,29,30)/t13-,17+/m0/s1. The molecule has 2 N–H and O–H groups in total. The van der Waals surface area contributed by atoms with E-state index in [9.17, 15) is 14.4 Å². The van der Waals surface area contributed by atoms with Crippen LogP contribution in [0.1, 0.15) is 38.7 Å². The Morgan fingerprint density at radius 1 is 1.03 bits per heavy atom. The topological polar surface area (TPSA) is 108 Å². The zero-order valence-corrected chi connectivity index (χ0v) is 16.1. The molecule has 2 bridgehead atoms. The van der Waals surface area contributed by atoms with E-state index in [1.807, 2.05) is 15.5 Å². The molecular weight excluding hydrogens is 384 g/mol. The first-order chi connectivity index (χ1) is 14.5. The number of likely N-dealkylation sites (tertiary alicyclic amines) is 1. The summed E-state index contributed by atoms with van der Waals surface area (Å²) >= 11 is 0. The summed E-state index contributed by atoms with van der Waals surface area (Å²) in [6.07, 6.45) is 4.07. The molecule has 2 aliphatic heterocycles. The molecule has 8 heteroatoms. The average Bonchev–Trinajstić information content (AvgIpc) is 3.28. The highest BCUT2D eigenvalue weighted by Crippen LogP contribution is 2.37. The molecule has 152 valence electrons. The van der Waals surface area contributed by atoms with E-state index < -0.39 is 5.97 Å². The third-order valence-corrected chi connectivity index (χ3v) is 6.05. The molecule has 5 rings (SSSR count). The molecule has 1 saturated heterocycles. The van der Waals surface area contributed by atoms with Crippen molar-refractivity contribution in [2.45, 2.75) is 18.9 Å². The Kier molecular flexibility index (Phi) is 4.27. The largest absolute Gasteiger partial charge is 0.478 e. The smallest absolute Gasteiger partial charge is 0.335 e. The van der Waals surface area contributed by atoms with Crippen LogP contribution < -0.4 is 5.56 Å². The van der Waals surface area contributed by atoms with E-state index in [0.29, 0.717) is 25.2 Å². The molecule has 1 fully saturated rings. The Balaban J connectivity index is 1.48. The molecule has 1 amide bonds. The maximum Gasteiger partial charge on any atom is 0.335 e. The van der Waals surface area contributed by atoms with Gasteiger partial charge in [-0.05, 0) is 41.7 Å². The second kappa shape index (κ2) is 6.98. The number of pyridine rings is 1. The summed E-state index contributed by atoms with van der Waals surface area (Å²) in [5.74, 6) is -0.706. The molecule has 8 nitrogen and oxygen atoms in total. The van der Waals surface area contributed by atoms with Crippen LogP contribution in [0.2, 0.25) is 0 Å². The van der Waals surface area contributed by atoms with E-state index in [1.54, 1.807) is 24.4 Å². The first-order valence-corrected chi connectivity index (χ1v) is 9.86. The van der Waals surface area contributed by atoms with Crippen molar-refractivity contribution in [2.75, 3.05) is 13.1 Å². The van der Waals surface area contributed by atoms with Gasteiger partial charge in [-0.3, -0.25) is 14.7 Å². The lowest BCUT2D eigenvalue weighted by Crippen LogP contribution is -2.49. The highest BCUT2D eigenvalue weighted by Gasteiger charge is 2.37. The van der Waals surface area contributed by atoms with Crippen molar-refractivity contribution in [3.05, 3.63) is 76.0 Å². The van der Waals surface area contributed by atoms with Gasteiger partial charge in [0, 0.05) is 43.5 Å². The Bertz CT molecular complexity index is 1180. The Hall–Kier alpha value is -3.68. The lowest BCUT2D eigenvalue weighted by Gasteiger charge is -2.42. The zero-order chi connectivity index (χ0) is 20.8. The second-order valence-electron chi connectivity index (χ2n) is 8.00. The number of carbonyl (C=O) groups excluding carboxylic acids is 1. The number of benzene rings is 1. The quantitative estimate of drug-likeness (QED) is 0.696. The number of aromatic carboxylic acids is 1. The van der Waals surface area contributed by atoms with Crippen LogP contribution in [0.15, 0.2) is 53.6 Å². The fourth-order valence-electron chi connectivity index (χ4n) is 4.65. The maximum atomic E-state index is 12.8. The third-order valence-electron chi connectivity index (χ3n) is 6.05. The number of nitrogens with one attached hydrogen (secondary N) is 1. The number of hydrogen-bond acceptors (Lipinski definition) is 4. The van der Waals surface area contributed by atoms with Gasteiger partial charge in [0.25, 0.3) is 11.5 Å². The van der Waals surface area contributed by atoms with Crippen molar-refractivity contribution >= 4 is 11.9 Å². The van der Waals surface area contributed by atoms with Crippen LogP contribution in [0.5, 0.6) is 0 Å². The molecule has 0 spiro atoms. The van der Waals surface area contributed by atoms with Gasteiger partial charge in [0.15, 0.2) is 0 Å². The van der Waals surface area contributed by atoms with Gasteiger partial charge in [0.2, 0.25) is 0 Å². The number of piperidine rings is 1. The molecule has 0 unspecified atom stereocenters. The van der Waals surface area contributed by atoms with E-state index in [2.05, 4.69) is 10.2 Å². The molecule has 4 heterocycles. The minimum atomic E-state index is -0.984. The molecule has 2 atom stereocenters. The number of fused-ring (bicyclic) bond motifs is 4. The number of rotatable bonds is 3. The molecular formula is C22H20N4O4. The normalized spacial score (nSPS) is 19.9. The first-order valence-electron chi connectivity index (χ1n) is 9.86. The lowest BCUT2D eigenvalue weighted by atomic mass is 9.82. The number of amides is 1. The average molecular weight is 404 g/mol. The molecule has 0 aliphatic carbocycles. The summed E-state index contributed by atoms with van der Waals surface area (Å²) in [5, 5.41) is 15.6. The van der Waals surface area contributed by atoms with E-state index in [4.69, 9.17) is 5.11 Å². The number of hydrogen-bond donors (Lipinski definition) is 2. The summed E-state index contributed by atoms with van der Waals surface area (Å²) in [7, 11) is 0. The Morgan fingerprint density at radius 2 is 1.83 bits per heavy atom. The number of carboxylic acid groups (broad SMARTS) is 1. The van der Waals surface area contributed by atoms with E-state index in [0.717, 1.165) is 23.2 Å². The summed E-state index contributed by atoms with van der Waals surface area (Å²) in [4.78, 5) is 38.6. The Labute approximate surface area is 171 Å². The summed E-state index contributed by atoms with van der Waals surface area (Å²) < 4.78 is 1.83. The van der Waals surface area contributed by atoms with Crippen molar-refractivity contribution in [3.63, 3.8) is 0 Å². The van der Waals surface area contributed by atoms with Crippen LogP contribution in [0.3, 0.4) is 0 Å². The fourth-order valence-corrected chi connectivity index (χ4v) is 4.65. The van der Waals surface area contributed by atoms with Crippen LogP contribution in [-0.2, 0) is 6.54 Å². The molecule has 30 heavy (non-hydrogen) atoms. The number of aromatic nitrogens is 3. The number of nitrogens with zero attached hydrogens (tertiary/aromatic N) is 3. The summed E-state index contributed by atoms with van der Waals surface area (Å²) in [6, 6.07) is 10.1. The van der Waals surface area contributed by atoms with Crippen molar-refractivity contribution < 1.29 is 14.7 Å². The van der Waals surface area contributed by atoms with Crippen LogP contribution in [0.4, 0.5) is 0 Å². The SMILES string of the molecule is O=C(O)c1ccc(-c2cc3n(c(=O)c2)C[C@H]2C[C@@H]3CN(C(=O)c3cn[nH]c3)C2)cc1. The van der Waals surface area contributed by atoms with Gasteiger partial charge in [-0.25, -0.2) is 4.79 Å². The molecule has 1 aromatic carbocycles. The van der Waals surface area contributed by atoms with Crippen molar-refractivity contribution in [1.29, 1.82) is 0 Å². The van der Waals surface area contributed by atoms with Crippen LogP contribution in [0.25, 0.3) is 11.1 Å². The van der Waals surface area contributed by atoms with Crippen LogP contribution in [0, 0.1) is 5.92 Å². The second-order valence-corrected chi connectivity index (χ2v) is 8.00. The maximum absolute atomic E-state index is 12.8. The predicted molar refractivity (Wildman–Crippen MR) is 108 cm³/mol.